The molecule has 0 unspecified atom stereocenters. The van der Waals surface area contributed by atoms with Gasteiger partial charge in [-0.05, 0) is 42.4 Å². The zero-order valence-electron chi connectivity index (χ0n) is 13.2. The van der Waals surface area contributed by atoms with Crippen molar-refractivity contribution in [1.82, 2.24) is 0 Å². The lowest BCUT2D eigenvalue weighted by Gasteiger charge is -2.02. The first kappa shape index (κ1) is 16.5. The van der Waals surface area contributed by atoms with Crippen LogP contribution < -0.4 is 0 Å². The maximum atomic E-state index is 2.23. The van der Waals surface area contributed by atoms with E-state index in [1.165, 1.54) is 36.0 Å². The molecule has 0 amide bonds. The standard InChI is InChI=1S/2C10H14/c1-3-9-7-5-6-8-10(9)4-2;1-2-3-7-10-8-5-4-6-9-10/h5-8H,3-4H2,1-2H3;4-6,8-9H,2-3,7H2,1H3. The van der Waals surface area contributed by atoms with Crippen LogP contribution in [-0.2, 0) is 19.3 Å². The summed E-state index contributed by atoms with van der Waals surface area (Å²) in [6.45, 7) is 6.63. The maximum absolute atomic E-state index is 2.23. The molecule has 0 aliphatic carbocycles. The second-order valence-corrected chi connectivity index (χ2v) is 5.06. The Bertz CT molecular complexity index is 433. The van der Waals surface area contributed by atoms with Gasteiger partial charge in [-0.2, -0.15) is 0 Å². The van der Waals surface area contributed by atoms with Crippen LogP contribution in [0.4, 0.5) is 0 Å². The average Bonchev–Trinajstić information content (AvgIpc) is 2.54. The molecule has 0 saturated heterocycles. The van der Waals surface area contributed by atoms with Crippen molar-refractivity contribution in [2.45, 2.75) is 52.9 Å². The van der Waals surface area contributed by atoms with Gasteiger partial charge in [0.15, 0.2) is 0 Å². The highest BCUT2D eigenvalue weighted by molar-refractivity contribution is 5.26. The highest BCUT2D eigenvalue weighted by atomic mass is 14.0. The summed E-state index contributed by atoms with van der Waals surface area (Å²) in [7, 11) is 0. The van der Waals surface area contributed by atoms with E-state index in [9.17, 15) is 0 Å². The van der Waals surface area contributed by atoms with Crippen molar-refractivity contribution in [3.8, 4) is 0 Å². The summed E-state index contributed by atoms with van der Waals surface area (Å²) >= 11 is 0. The van der Waals surface area contributed by atoms with E-state index in [0.29, 0.717) is 0 Å². The summed E-state index contributed by atoms with van der Waals surface area (Å²) < 4.78 is 0. The molecule has 0 aliphatic heterocycles. The molecule has 0 aromatic heterocycles. The number of benzene rings is 2. The number of hydrogen-bond acceptors (Lipinski definition) is 0. The Hall–Kier alpha value is -1.56. The Morgan fingerprint density at radius 2 is 1.15 bits per heavy atom. The molecule has 0 saturated carbocycles. The Morgan fingerprint density at radius 3 is 1.60 bits per heavy atom. The Morgan fingerprint density at radius 1 is 0.650 bits per heavy atom. The lowest BCUT2D eigenvalue weighted by molar-refractivity contribution is 0.795. The first-order chi connectivity index (χ1) is 9.81. The topological polar surface area (TPSA) is 0 Å². The molecule has 0 nitrogen and oxygen atoms in total. The van der Waals surface area contributed by atoms with Crippen molar-refractivity contribution in [2.75, 3.05) is 0 Å². The molecular weight excluding hydrogens is 240 g/mol. The first-order valence-electron chi connectivity index (χ1n) is 7.92. The first-order valence-corrected chi connectivity index (χ1v) is 7.92. The normalized spacial score (nSPS) is 9.75. The number of aryl methyl sites for hydroxylation is 3. The molecule has 0 bridgehead atoms. The van der Waals surface area contributed by atoms with Crippen molar-refractivity contribution < 1.29 is 0 Å². The van der Waals surface area contributed by atoms with Gasteiger partial charge in [-0.1, -0.05) is 81.8 Å². The molecule has 108 valence electrons. The number of hydrogen-bond donors (Lipinski definition) is 0. The van der Waals surface area contributed by atoms with E-state index in [0.717, 1.165) is 12.8 Å². The minimum absolute atomic E-state index is 1.16. The summed E-state index contributed by atoms with van der Waals surface area (Å²) in [5.74, 6) is 0. The molecule has 20 heavy (non-hydrogen) atoms. The number of unbranched alkanes of at least 4 members (excludes halogenated alkanes) is 1. The van der Waals surface area contributed by atoms with Gasteiger partial charge in [0.25, 0.3) is 0 Å². The zero-order chi connectivity index (χ0) is 14.6. The summed E-state index contributed by atoms with van der Waals surface area (Å²) in [6.07, 6.45) is 6.14. The summed E-state index contributed by atoms with van der Waals surface area (Å²) in [5, 5.41) is 0. The third-order valence-corrected chi connectivity index (χ3v) is 3.54. The fourth-order valence-electron chi connectivity index (χ4n) is 2.27. The van der Waals surface area contributed by atoms with Crippen molar-refractivity contribution in [1.29, 1.82) is 0 Å². The van der Waals surface area contributed by atoms with Crippen LogP contribution in [-0.4, -0.2) is 0 Å². The fraction of sp³-hybridized carbons (Fsp3) is 0.400. The monoisotopic (exact) mass is 268 g/mol. The van der Waals surface area contributed by atoms with Gasteiger partial charge in [0.05, 0.1) is 0 Å². The van der Waals surface area contributed by atoms with Crippen LogP contribution in [0.5, 0.6) is 0 Å². The maximum Gasteiger partial charge on any atom is -0.0279 e. The van der Waals surface area contributed by atoms with E-state index < -0.39 is 0 Å². The molecule has 2 aromatic carbocycles. The molecule has 0 heteroatoms. The van der Waals surface area contributed by atoms with Crippen LogP contribution in [0, 0.1) is 0 Å². The molecule has 0 radical (unpaired) electrons. The predicted molar refractivity (Wildman–Crippen MR) is 90.3 cm³/mol. The largest absolute Gasteiger partial charge is 0.0654 e. The Labute approximate surface area is 124 Å². The van der Waals surface area contributed by atoms with Crippen LogP contribution in [0.25, 0.3) is 0 Å². The van der Waals surface area contributed by atoms with Crippen LogP contribution in [0.15, 0.2) is 54.6 Å². The van der Waals surface area contributed by atoms with E-state index in [1.54, 1.807) is 0 Å². The van der Waals surface area contributed by atoms with Crippen molar-refractivity contribution in [3.63, 3.8) is 0 Å². The molecule has 2 rings (SSSR count). The van der Waals surface area contributed by atoms with Crippen molar-refractivity contribution >= 4 is 0 Å². The summed E-state index contributed by atoms with van der Waals surface area (Å²) in [5.41, 5.74) is 4.44. The Kier molecular flexibility index (Phi) is 8.46. The van der Waals surface area contributed by atoms with Gasteiger partial charge in [0.1, 0.15) is 0 Å². The zero-order valence-corrected chi connectivity index (χ0v) is 13.2. The minimum atomic E-state index is 1.16. The lowest BCUT2D eigenvalue weighted by Crippen LogP contribution is -1.88. The highest BCUT2D eigenvalue weighted by Gasteiger charge is 1.93. The quantitative estimate of drug-likeness (QED) is 0.639. The van der Waals surface area contributed by atoms with Crippen LogP contribution in [0.2, 0.25) is 0 Å². The smallest absolute Gasteiger partial charge is 0.0279 e. The summed E-state index contributed by atoms with van der Waals surface area (Å²) in [6, 6.07) is 19.3. The predicted octanol–water partition coefficient (Wildman–Crippen LogP) is 5.84. The van der Waals surface area contributed by atoms with Crippen molar-refractivity contribution in [2.24, 2.45) is 0 Å². The summed E-state index contributed by atoms with van der Waals surface area (Å²) in [4.78, 5) is 0. The van der Waals surface area contributed by atoms with Gasteiger partial charge in [0, 0.05) is 0 Å². The molecule has 0 aliphatic rings. The molecule has 2 aromatic rings. The molecular formula is C20H28. The molecule has 0 heterocycles. The highest BCUT2D eigenvalue weighted by Crippen LogP contribution is 2.09. The van der Waals surface area contributed by atoms with E-state index >= 15 is 0 Å². The van der Waals surface area contributed by atoms with Gasteiger partial charge in [0.2, 0.25) is 0 Å². The minimum Gasteiger partial charge on any atom is -0.0654 e. The third-order valence-electron chi connectivity index (χ3n) is 3.54. The van der Waals surface area contributed by atoms with E-state index in [1.807, 2.05) is 0 Å². The second-order valence-electron chi connectivity index (χ2n) is 5.06. The van der Waals surface area contributed by atoms with Gasteiger partial charge in [-0.25, -0.2) is 0 Å². The van der Waals surface area contributed by atoms with Gasteiger partial charge < -0.3 is 0 Å². The van der Waals surface area contributed by atoms with E-state index in [4.69, 9.17) is 0 Å². The van der Waals surface area contributed by atoms with E-state index in [2.05, 4.69) is 75.4 Å². The number of rotatable bonds is 5. The van der Waals surface area contributed by atoms with Gasteiger partial charge >= 0.3 is 0 Å². The fourth-order valence-corrected chi connectivity index (χ4v) is 2.27. The van der Waals surface area contributed by atoms with Gasteiger partial charge in [-0.15, -0.1) is 0 Å². The van der Waals surface area contributed by atoms with E-state index in [-0.39, 0.29) is 0 Å². The van der Waals surface area contributed by atoms with Crippen LogP contribution >= 0.6 is 0 Å². The third kappa shape index (κ3) is 6.06. The Balaban J connectivity index is 0.000000200. The molecule has 0 atom stereocenters. The van der Waals surface area contributed by atoms with Crippen molar-refractivity contribution in [3.05, 3.63) is 71.3 Å². The second kappa shape index (κ2) is 10.3. The average molecular weight is 268 g/mol. The molecule has 0 spiro atoms. The lowest BCUT2D eigenvalue weighted by atomic mass is 10.0. The molecule has 0 fully saturated rings. The SMILES string of the molecule is CCCCc1ccccc1.CCc1ccccc1CC. The molecule has 0 N–H and O–H groups in total. The van der Waals surface area contributed by atoms with Gasteiger partial charge in [-0.3, -0.25) is 0 Å². The van der Waals surface area contributed by atoms with Crippen LogP contribution in [0.3, 0.4) is 0 Å². The van der Waals surface area contributed by atoms with Crippen LogP contribution in [0.1, 0.15) is 50.3 Å².